The van der Waals surface area contributed by atoms with E-state index in [2.05, 4.69) is 17.1 Å². The average Bonchev–Trinajstić information content (AvgIpc) is 2.71. The molecule has 0 radical (unpaired) electrons. The van der Waals surface area contributed by atoms with Crippen LogP contribution in [0, 0.1) is 6.92 Å². The molecule has 0 aliphatic carbocycles. The van der Waals surface area contributed by atoms with Gasteiger partial charge in [-0.1, -0.05) is 13.8 Å². The number of rotatable bonds is 5. The molecule has 0 spiro atoms. The van der Waals surface area contributed by atoms with Gasteiger partial charge in [0.15, 0.2) is 0 Å². The molecule has 5 heteroatoms. The Morgan fingerprint density at radius 3 is 2.56 bits per heavy atom. The first-order chi connectivity index (χ1) is 7.60. The van der Waals surface area contributed by atoms with Gasteiger partial charge in [0.05, 0.1) is 0 Å². The topological polar surface area (TPSA) is 59.2 Å². The van der Waals surface area contributed by atoms with Crippen LogP contribution in [0.5, 0.6) is 0 Å². The van der Waals surface area contributed by atoms with Gasteiger partial charge in [0.1, 0.15) is 0 Å². The van der Waals surface area contributed by atoms with Crippen LogP contribution in [0.15, 0.2) is 4.42 Å². The van der Waals surface area contributed by atoms with E-state index >= 15 is 0 Å². The van der Waals surface area contributed by atoms with E-state index in [0.29, 0.717) is 5.89 Å². The summed E-state index contributed by atoms with van der Waals surface area (Å²) in [5.74, 6) is 0.340. The Morgan fingerprint density at radius 2 is 2.12 bits per heavy atom. The molecule has 1 atom stereocenters. The maximum atomic E-state index is 12.1. The van der Waals surface area contributed by atoms with Gasteiger partial charge in [-0.2, -0.15) is 0 Å². The molecule has 1 amide bonds. The Labute approximate surface area is 95.8 Å². The molecule has 1 heterocycles. The molecular weight excluding hydrogens is 206 g/mol. The van der Waals surface area contributed by atoms with E-state index < -0.39 is 0 Å². The number of nitrogens with zero attached hydrogens (tertiary/aromatic N) is 3. The van der Waals surface area contributed by atoms with Gasteiger partial charge < -0.3 is 9.32 Å². The number of hydrogen-bond donors (Lipinski definition) is 0. The van der Waals surface area contributed by atoms with Crippen molar-refractivity contribution in [1.29, 1.82) is 0 Å². The maximum Gasteiger partial charge on any atom is 0.311 e. The SMILES string of the molecule is CCCN(C(=O)c1nnc(C)o1)C(C)CC. The Morgan fingerprint density at radius 1 is 1.44 bits per heavy atom. The fourth-order valence-corrected chi connectivity index (χ4v) is 1.49. The predicted octanol–water partition coefficient (Wildman–Crippen LogP) is 2.03. The molecule has 5 nitrogen and oxygen atoms in total. The summed E-state index contributed by atoms with van der Waals surface area (Å²) >= 11 is 0. The summed E-state index contributed by atoms with van der Waals surface area (Å²) in [6, 6.07) is 0.194. The second kappa shape index (κ2) is 5.63. The molecule has 0 aliphatic rings. The molecule has 0 saturated heterocycles. The lowest BCUT2D eigenvalue weighted by Gasteiger charge is -2.26. The van der Waals surface area contributed by atoms with Crippen LogP contribution in [0.25, 0.3) is 0 Å². The van der Waals surface area contributed by atoms with Gasteiger partial charge in [-0.05, 0) is 19.8 Å². The Balaban J connectivity index is 2.82. The standard InChI is InChI=1S/C11H19N3O2/c1-5-7-14(8(3)6-2)11(15)10-13-12-9(4)16-10/h8H,5-7H2,1-4H3. The number of hydrogen-bond acceptors (Lipinski definition) is 4. The highest BCUT2D eigenvalue weighted by Crippen LogP contribution is 2.10. The normalized spacial score (nSPS) is 12.5. The van der Waals surface area contributed by atoms with E-state index in [0.717, 1.165) is 19.4 Å². The highest BCUT2D eigenvalue weighted by atomic mass is 16.4. The third kappa shape index (κ3) is 2.81. The summed E-state index contributed by atoms with van der Waals surface area (Å²) in [6.07, 6.45) is 1.84. The molecule has 0 fully saturated rings. The van der Waals surface area contributed by atoms with Gasteiger partial charge in [-0.25, -0.2) is 0 Å². The molecule has 0 saturated carbocycles. The third-order valence-electron chi connectivity index (χ3n) is 2.56. The fourth-order valence-electron chi connectivity index (χ4n) is 1.49. The van der Waals surface area contributed by atoms with Crippen molar-refractivity contribution in [3.63, 3.8) is 0 Å². The fraction of sp³-hybridized carbons (Fsp3) is 0.727. The summed E-state index contributed by atoms with van der Waals surface area (Å²) in [5, 5.41) is 7.43. The number of amides is 1. The molecule has 1 unspecified atom stereocenters. The number of aromatic nitrogens is 2. The minimum absolute atomic E-state index is 0.0891. The molecule has 0 aromatic carbocycles. The molecule has 1 rings (SSSR count). The predicted molar refractivity (Wildman–Crippen MR) is 60.1 cm³/mol. The minimum atomic E-state index is -0.170. The van der Waals surface area contributed by atoms with Crippen LogP contribution < -0.4 is 0 Å². The lowest BCUT2D eigenvalue weighted by molar-refractivity contribution is 0.0646. The van der Waals surface area contributed by atoms with Crippen molar-refractivity contribution in [1.82, 2.24) is 15.1 Å². The van der Waals surface area contributed by atoms with Crippen LogP contribution in [0.2, 0.25) is 0 Å². The highest BCUT2D eigenvalue weighted by Gasteiger charge is 2.24. The van der Waals surface area contributed by atoms with Gasteiger partial charge in [0.2, 0.25) is 5.89 Å². The van der Waals surface area contributed by atoms with E-state index in [9.17, 15) is 4.79 Å². The minimum Gasteiger partial charge on any atom is -0.417 e. The zero-order chi connectivity index (χ0) is 12.1. The monoisotopic (exact) mass is 225 g/mol. The van der Waals surface area contributed by atoms with Gasteiger partial charge >= 0.3 is 11.8 Å². The molecular formula is C11H19N3O2. The van der Waals surface area contributed by atoms with Crippen LogP contribution in [0.3, 0.4) is 0 Å². The first-order valence-corrected chi connectivity index (χ1v) is 5.71. The van der Waals surface area contributed by atoms with E-state index in [1.807, 2.05) is 13.8 Å². The summed E-state index contributed by atoms with van der Waals surface area (Å²) < 4.78 is 5.15. The van der Waals surface area contributed by atoms with Gasteiger partial charge in [-0.3, -0.25) is 4.79 Å². The number of carbonyl (C=O) groups is 1. The summed E-state index contributed by atoms with van der Waals surface area (Å²) in [5.41, 5.74) is 0. The second-order valence-electron chi connectivity index (χ2n) is 3.88. The summed E-state index contributed by atoms with van der Waals surface area (Å²) in [7, 11) is 0. The quantitative estimate of drug-likeness (QED) is 0.769. The van der Waals surface area contributed by atoms with E-state index in [-0.39, 0.29) is 17.8 Å². The molecule has 0 bridgehead atoms. The summed E-state index contributed by atoms with van der Waals surface area (Å²) in [6.45, 7) is 8.52. The van der Waals surface area contributed by atoms with Crippen LogP contribution in [0.1, 0.15) is 50.2 Å². The van der Waals surface area contributed by atoms with Crippen LogP contribution in [0.4, 0.5) is 0 Å². The molecule has 0 N–H and O–H groups in total. The van der Waals surface area contributed by atoms with Crippen molar-refractivity contribution in [2.75, 3.05) is 6.54 Å². The van der Waals surface area contributed by atoms with E-state index in [4.69, 9.17) is 4.42 Å². The zero-order valence-electron chi connectivity index (χ0n) is 10.4. The Kier molecular flexibility index (Phi) is 4.46. The number of carbonyl (C=O) groups excluding carboxylic acids is 1. The average molecular weight is 225 g/mol. The van der Waals surface area contributed by atoms with Crippen LogP contribution >= 0.6 is 0 Å². The smallest absolute Gasteiger partial charge is 0.311 e. The lowest BCUT2D eigenvalue weighted by atomic mass is 10.2. The largest absolute Gasteiger partial charge is 0.417 e. The van der Waals surface area contributed by atoms with Crippen molar-refractivity contribution in [3.05, 3.63) is 11.8 Å². The Bertz CT molecular complexity index is 349. The van der Waals surface area contributed by atoms with Crippen LogP contribution in [-0.4, -0.2) is 33.6 Å². The molecule has 90 valence electrons. The van der Waals surface area contributed by atoms with Crippen molar-refractivity contribution < 1.29 is 9.21 Å². The van der Waals surface area contributed by atoms with E-state index in [1.54, 1.807) is 11.8 Å². The second-order valence-corrected chi connectivity index (χ2v) is 3.88. The lowest BCUT2D eigenvalue weighted by Crippen LogP contribution is -2.39. The first kappa shape index (κ1) is 12.7. The van der Waals surface area contributed by atoms with E-state index in [1.165, 1.54) is 0 Å². The van der Waals surface area contributed by atoms with Gasteiger partial charge in [0, 0.05) is 19.5 Å². The van der Waals surface area contributed by atoms with Crippen molar-refractivity contribution in [2.24, 2.45) is 0 Å². The van der Waals surface area contributed by atoms with Gasteiger partial charge in [-0.15, -0.1) is 10.2 Å². The molecule has 0 aliphatic heterocycles. The van der Waals surface area contributed by atoms with Gasteiger partial charge in [0.25, 0.3) is 0 Å². The zero-order valence-corrected chi connectivity index (χ0v) is 10.4. The molecule has 16 heavy (non-hydrogen) atoms. The van der Waals surface area contributed by atoms with Crippen LogP contribution in [-0.2, 0) is 0 Å². The maximum absolute atomic E-state index is 12.1. The molecule has 1 aromatic heterocycles. The molecule has 1 aromatic rings. The first-order valence-electron chi connectivity index (χ1n) is 5.71. The third-order valence-corrected chi connectivity index (χ3v) is 2.56. The summed E-state index contributed by atoms with van der Waals surface area (Å²) in [4.78, 5) is 13.9. The highest BCUT2D eigenvalue weighted by molar-refractivity contribution is 5.89. The van der Waals surface area contributed by atoms with Crippen molar-refractivity contribution in [3.8, 4) is 0 Å². The van der Waals surface area contributed by atoms with Crippen molar-refractivity contribution in [2.45, 2.75) is 46.6 Å². The van der Waals surface area contributed by atoms with Crippen molar-refractivity contribution >= 4 is 5.91 Å². The Hall–Kier alpha value is -1.39. The number of aryl methyl sites for hydroxylation is 1.